The van der Waals surface area contributed by atoms with Gasteiger partial charge in [0.1, 0.15) is 5.82 Å². The van der Waals surface area contributed by atoms with Crippen LogP contribution in [0.1, 0.15) is 37.0 Å². The van der Waals surface area contributed by atoms with Crippen molar-refractivity contribution < 1.29 is 9.18 Å². The number of rotatable bonds is 7. The fourth-order valence-electron chi connectivity index (χ4n) is 1.71. The molecule has 2 nitrogen and oxygen atoms in total. The Labute approximate surface area is 102 Å². The molecule has 0 spiro atoms. The topological polar surface area (TPSA) is 20.3 Å². The highest BCUT2D eigenvalue weighted by atomic mass is 19.1. The normalized spacial score (nSPS) is 10.8. The molecule has 0 unspecified atom stereocenters. The van der Waals surface area contributed by atoms with E-state index in [1.165, 1.54) is 6.07 Å². The smallest absolute Gasteiger partial charge is 0.179 e. The summed E-state index contributed by atoms with van der Waals surface area (Å²) in [4.78, 5) is 14.0. The first kappa shape index (κ1) is 13.8. The minimum absolute atomic E-state index is 0.138. The summed E-state index contributed by atoms with van der Waals surface area (Å²) in [6.07, 6.45) is 2.17. The lowest BCUT2D eigenvalue weighted by molar-refractivity contribution is 0.0929. The quantitative estimate of drug-likeness (QED) is 0.679. The molecule has 0 aliphatic rings. The van der Waals surface area contributed by atoms with Crippen molar-refractivity contribution in [3.8, 4) is 0 Å². The Bertz CT molecular complexity index is 365. The van der Waals surface area contributed by atoms with E-state index in [1.54, 1.807) is 18.2 Å². The number of carbonyl (C=O) groups excluding carboxylic acids is 1. The molecule has 1 aromatic carbocycles. The zero-order chi connectivity index (χ0) is 12.7. The molecule has 3 heteroatoms. The van der Waals surface area contributed by atoms with Crippen LogP contribution < -0.4 is 0 Å². The van der Waals surface area contributed by atoms with Gasteiger partial charge in [-0.1, -0.05) is 32.4 Å². The van der Waals surface area contributed by atoms with Crippen LogP contribution in [0.3, 0.4) is 0 Å². The molecule has 0 aromatic heterocycles. The van der Waals surface area contributed by atoms with Gasteiger partial charge in [-0.25, -0.2) is 4.39 Å². The largest absolute Gasteiger partial charge is 0.296 e. The first-order chi connectivity index (χ1) is 8.19. The van der Waals surface area contributed by atoms with Gasteiger partial charge in [0.05, 0.1) is 12.1 Å². The van der Waals surface area contributed by atoms with Gasteiger partial charge in [-0.05, 0) is 31.6 Å². The number of Topliss-reactive ketones (excluding diaryl/α,β-unsaturated/α-hetero) is 1. The molecule has 0 aliphatic carbocycles. The second-order valence-electron chi connectivity index (χ2n) is 4.13. The molecular formula is C14H20FNO. The first-order valence-electron chi connectivity index (χ1n) is 6.19. The Morgan fingerprint density at radius 2 is 2.00 bits per heavy atom. The van der Waals surface area contributed by atoms with Crippen LogP contribution in [0, 0.1) is 5.82 Å². The molecule has 0 atom stereocenters. The van der Waals surface area contributed by atoms with Crippen molar-refractivity contribution in [1.82, 2.24) is 4.90 Å². The minimum atomic E-state index is -0.427. The van der Waals surface area contributed by atoms with Gasteiger partial charge in [0.25, 0.3) is 0 Å². The number of nitrogens with zero attached hydrogens (tertiary/aromatic N) is 1. The van der Waals surface area contributed by atoms with Crippen LogP contribution in [-0.4, -0.2) is 30.3 Å². The van der Waals surface area contributed by atoms with Crippen LogP contribution in [0.5, 0.6) is 0 Å². The summed E-state index contributed by atoms with van der Waals surface area (Å²) in [6.45, 7) is 6.15. The summed E-state index contributed by atoms with van der Waals surface area (Å²) in [6, 6.07) is 6.17. The van der Waals surface area contributed by atoms with Crippen molar-refractivity contribution in [3.63, 3.8) is 0 Å². The molecule has 0 saturated heterocycles. The number of ketones is 1. The van der Waals surface area contributed by atoms with E-state index in [-0.39, 0.29) is 11.3 Å². The molecule has 0 fully saturated rings. The Kier molecular flexibility index (Phi) is 5.84. The third-order valence-corrected chi connectivity index (χ3v) is 2.82. The lowest BCUT2D eigenvalue weighted by Gasteiger charge is -2.19. The minimum Gasteiger partial charge on any atom is -0.296 e. The predicted octanol–water partition coefficient (Wildman–Crippen LogP) is 3.13. The Morgan fingerprint density at radius 1 is 1.29 bits per heavy atom. The predicted molar refractivity (Wildman–Crippen MR) is 67.8 cm³/mol. The average molecular weight is 237 g/mol. The molecule has 0 heterocycles. The van der Waals surface area contributed by atoms with Crippen molar-refractivity contribution in [1.29, 1.82) is 0 Å². The van der Waals surface area contributed by atoms with Crippen LogP contribution in [0.15, 0.2) is 24.3 Å². The van der Waals surface area contributed by atoms with Crippen LogP contribution in [0.4, 0.5) is 4.39 Å². The maximum Gasteiger partial charge on any atom is 0.179 e. The van der Waals surface area contributed by atoms with E-state index in [0.717, 1.165) is 25.9 Å². The van der Waals surface area contributed by atoms with Crippen molar-refractivity contribution in [2.75, 3.05) is 19.6 Å². The molecule has 1 aromatic rings. The number of hydrogen-bond acceptors (Lipinski definition) is 2. The molecule has 0 amide bonds. The molecule has 17 heavy (non-hydrogen) atoms. The van der Waals surface area contributed by atoms with Crippen LogP contribution in [0.25, 0.3) is 0 Å². The highest BCUT2D eigenvalue weighted by Crippen LogP contribution is 2.08. The molecule has 0 N–H and O–H groups in total. The molecular weight excluding hydrogens is 217 g/mol. The van der Waals surface area contributed by atoms with Gasteiger partial charge in [0, 0.05) is 0 Å². The molecule has 0 bridgehead atoms. The second kappa shape index (κ2) is 7.17. The zero-order valence-electron chi connectivity index (χ0n) is 10.6. The summed E-state index contributed by atoms with van der Waals surface area (Å²) in [5, 5.41) is 0. The van der Waals surface area contributed by atoms with Gasteiger partial charge in [-0.3, -0.25) is 9.69 Å². The van der Waals surface area contributed by atoms with Gasteiger partial charge in [0.2, 0.25) is 0 Å². The van der Waals surface area contributed by atoms with Crippen molar-refractivity contribution in [2.24, 2.45) is 0 Å². The molecule has 0 radical (unpaired) electrons. The number of carbonyl (C=O) groups is 1. The lowest BCUT2D eigenvalue weighted by Crippen LogP contribution is -2.31. The summed E-state index contributed by atoms with van der Waals surface area (Å²) >= 11 is 0. The number of hydrogen-bond donors (Lipinski definition) is 0. The van der Waals surface area contributed by atoms with E-state index in [0.29, 0.717) is 6.54 Å². The van der Waals surface area contributed by atoms with E-state index in [4.69, 9.17) is 0 Å². The van der Waals surface area contributed by atoms with Gasteiger partial charge in [-0.15, -0.1) is 0 Å². The van der Waals surface area contributed by atoms with Crippen LogP contribution in [0.2, 0.25) is 0 Å². The van der Waals surface area contributed by atoms with E-state index in [9.17, 15) is 9.18 Å². The Balaban J connectivity index is 2.61. The van der Waals surface area contributed by atoms with Crippen molar-refractivity contribution >= 4 is 5.78 Å². The maximum atomic E-state index is 13.4. The first-order valence-corrected chi connectivity index (χ1v) is 6.19. The average Bonchev–Trinajstić information content (AvgIpc) is 2.34. The van der Waals surface area contributed by atoms with Gasteiger partial charge in [0.15, 0.2) is 5.78 Å². The highest BCUT2D eigenvalue weighted by molar-refractivity contribution is 5.97. The number of unbranched alkanes of at least 4 members (excludes halogenated alkanes) is 1. The van der Waals surface area contributed by atoms with Gasteiger partial charge >= 0.3 is 0 Å². The van der Waals surface area contributed by atoms with E-state index in [2.05, 4.69) is 11.8 Å². The van der Waals surface area contributed by atoms with Crippen LogP contribution >= 0.6 is 0 Å². The van der Waals surface area contributed by atoms with Gasteiger partial charge in [-0.2, -0.15) is 0 Å². The SMILES string of the molecule is CCCCN(CC)CC(=O)c1ccccc1F. The Hall–Kier alpha value is -1.22. The molecule has 0 saturated carbocycles. The lowest BCUT2D eigenvalue weighted by atomic mass is 10.1. The van der Waals surface area contributed by atoms with E-state index < -0.39 is 5.82 Å². The summed E-state index contributed by atoms with van der Waals surface area (Å²) in [7, 11) is 0. The fourth-order valence-corrected chi connectivity index (χ4v) is 1.71. The summed E-state index contributed by atoms with van der Waals surface area (Å²) in [5.41, 5.74) is 0.197. The van der Waals surface area contributed by atoms with Crippen LogP contribution in [-0.2, 0) is 0 Å². The fraction of sp³-hybridized carbons (Fsp3) is 0.500. The number of halogens is 1. The summed E-state index contributed by atoms with van der Waals surface area (Å²) in [5.74, 6) is -0.565. The van der Waals surface area contributed by atoms with Crippen molar-refractivity contribution in [3.05, 3.63) is 35.6 Å². The monoisotopic (exact) mass is 237 g/mol. The van der Waals surface area contributed by atoms with Gasteiger partial charge < -0.3 is 0 Å². The molecule has 0 aliphatic heterocycles. The standard InChI is InChI=1S/C14H20FNO/c1-3-5-10-16(4-2)11-14(17)12-8-6-7-9-13(12)15/h6-9H,3-5,10-11H2,1-2H3. The number of likely N-dealkylation sites (N-methyl/N-ethyl adjacent to an activating group) is 1. The van der Waals surface area contributed by atoms with Crippen molar-refractivity contribution in [2.45, 2.75) is 26.7 Å². The highest BCUT2D eigenvalue weighted by Gasteiger charge is 2.13. The maximum absolute atomic E-state index is 13.4. The molecule has 1 rings (SSSR count). The second-order valence-corrected chi connectivity index (χ2v) is 4.13. The third-order valence-electron chi connectivity index (χ3n) is 2.82. The molecule has 94 valence electrons. The number of benzene rings is 1. The zero-order valence-corrected chi connectivity index (χ0v) is 10.6. The van der Waals surface area contributed by atoms with E-state index >= 15 is 0 Å². The third kappa shape index (κ3) is 4.27. The summed E-state index contributed by atoms with van der Waals surface area (Å²) < 4.78 is 13.4. The Morgan fingerprint density at radius 3 is 2.59 bits per heavy atom. The van der Waals surface area contributed by atoms with E-state index in [1.807, 2.05) is 6.92 Å².